The molecule has 2 aromatic carbocycles. The van der Waals surface area contributed by atoms with Crippen LogP contribution < -0.4 is 5.32 Å². The summed E-state index contributed by atoms with van der Waals surface area (Å²) in [5, 5.41) is 5.77. The molecule has 36 heavy (non-hydrogen) atoms. The first-order valence-electron chi connectivity index (χ1n) is 13.0. The van der Waals surface area contributed by atoms with Gasteiger partial charge in [0.1, 0.15) is 0 Å². The topological polar surface area (TPSA) is 27.8 Å². The number of benzene rings is 2. The number of aromatic amines is 1. The van der Waals surface area contributed by atoms with E-state index in [2.05, 4.69) is 118 Å². The van der Waals surface area contributed by atoms with Crippen molar-refractivity contribution in [1.29, 1.82) is 0 Å². The highest BCUT2D eigenvalue weighted by Gasteiger charge is 2.20. The summed E-state index contributed by atoms with van der Waals surface area (Å²) in [7, 11) is 0. The summed E-state index contributed by atoms with van der Waals surface area (Å²) in [6.45, 7) is 13.6. The molecule has 1 heterocycles. The number of hydrogen-bond donors (Lipinski definition) is 2. The van der Waals surface area contributed by atoms with Gasteiger partial charge in [-0.3, -0.25) is 0 Å². The fourth-order valence-corrected chi connectivity index (χ4v) is 5.13. The number of rotatable bonds is 9. The Kier molecular flexibility index (Phi) is 8.26. The number of hydrogen-bond acceptors (Lipinski definition) is 1. The van der Waals surface area contributed by atoms with E-state index in [1.807, 2.05) is 0 Å². The van der Waals surface area contributed by atoms with Gasteiger partial charge in [0.05, 0.1) is 6.04 Å². The molecule has 1 aliphatic carbocycles. The lowest BCUT2D eigenvalue weighted by Gasteiger charge is -2.24. The fraction of sp³-hybridized carbons (Fsp3) is 0.333. The van der Waals surface area contributed by atoms with Gasteiger partial charge in [0.25, 0.3) is 0 Å². The van der Waals surface area contributed by atoms with E-state index >= 15 is 0 Å². The first kappa shape index (κ1) is 26.1. The molecule has 1 aromatic heterocycles. The van der Waals surface area contributed by atoms with E-state index < -0.39 is 0 Å². The number of fused-ring (bicyclic) bond motifs is 1. The molecule has 1 unspecified atom stereocenters. The van der Waals surface area contributed by atoms with Gasteiger partial charge in [-0.2, -0.15) is 0 Å². The minimum Gasteiger partial charge on any atom is -0.377 e. The smallest absolute Gasteiger partial charge is 0.0765 e. The first-order valence-corrected chi connectivity index (χ1v) is 13.4. The molecule has 188 valence electrons. The number of H-pyrrole nitrogens is 1. The standard InChI is InChI=1S/C33H39ClN2/c1-23-14-17-31-29(19-23)30(22-35-31)24(2)32(26-12-7-6-8-13-26)36-28-16-15-25(20-27(34)21-28)11-9-10-18-33(3,4)5/h6-8,12-15,17,19-22,32,35-36H,2,9-11,16,18H2,1,3-5H3. The van der Waals surface area contributed by atoms with Crippen LogP contribution in [0.2, 0.25) is 0 Å². The van der Waals surface area contributed by atoms with Crippen LogP contribution in [0.1, 0.15) is 75.6 Å². The average Bonchev–Trinajstić information content (AvgIpc) is 3.16. The van der Waals surface area contributed by atoms with Crippen molar-refractivity contribution < 1.29 is 0 Å². The Morgan fingerprint density at radius 1 is 1.08 bits per heavy atom. The zero-order valence-corrected chi connectivity index (χ0v) is 22.9. The monoisotopic (exact) mass is 498 g/mol. The molecule has 0 saturated carbocycles. The van der Waals surface area contributed by atoms with Crippen LogP contribution in [0.25, 0.3) is 16.5 Å². The van der Waals surface area contributed by atoms with Crippen molar-refractivity contribution in [1.82, 2.24) is 10.3 Å². The van der Waals surface area contributed by atoms with E-state index in [-0.39, 0.29) is 6.04 Å². The molecule has 0 aliphatic heterocycles. The Bertz CT molecular complexity index is 1300. The maximum atomic E-state index is 6.68. The van der Waals surface area contributed by atoms with Gasteiger partial charge in [-0.15, -0.1) is 0 Å². The first-order chi connectivity index (χ1) is 17.2. The van der Waals surface area contributed by atoms with Crippen LogP contribution in [-0.4, -0.2) is 4.98 Å². The summed E-state index contributed by atoms with van der Waals surface area (Å²) in [5.41, 5.74) is 8.54. The second-order valence-corrected chi connectivity index (χ2v) is 11.7. The van der Waals surface area contributed by atoms with Gasteiger partial charge < -0.3 is 10.3 Å². The molecular formula is C33H39ClN2. The van der Waals surface area contributed by atoms with Crippen molar-refractivity contribution in [2.24, 2.45) is 5.41 Å². The molecule has 2 nitrogen and oxygen atoms in total. The van der Waals surface area contributed by atoms with Gasteiger partial charge in [-0.1, -0.05) is 99.0 Å². The van der Waals surface area contributed by atoms with Crippen LogP contribution in [0.4, 0.5) is 0 Å². The summed E-state index contributed by atoms with van der Waals surface area (Å²) in [5.74, 6) is 0. The molecule has 2 N–H and O–H groups in total. The number of unbranched alkanes of at least 4 members (excludes halogenated alkanes) is 1. The van der Waals surface area contributed by atoms with Crippen LogP contribution in [0.3, 0.4) is 0 Å². The van der Waals surface area contributed by atoms with Crippen LogP contribution in [0.5, 0.6) is 0 Å². The Morgan fingerprint density at radius 3 is 2.61 bits per heavy atom. The van der Waals surface area contributed by atoms with Crippen molar-refractivity contribution in [2.45, 2.75) is 65.8 Å². The van der Waals surface area contributed by atoms with Crippen molar-refractivity contribution in [3.8, 4) is 0 Å². The molecule has 4 rings (SSSR count). The lowest BCUT2D eigenvalue weighted by Crippen LogP contribution is -2.22. The number of aromatic nitrogens is 1. The lowest BCUT2D eigenvalue weighted by atomic mass is 9.89. The number of nitrogens with one attached hydrogen (secondary N) is 2. The molecule has 0 fully saturated rings. The third kappa shape index (κ3) is 6.83. The summed E-state index contributed by atoms with van der Waals surface area (Å²) in [6, 6.07) is 17.0. The highest BCUT2D eigenvalue weighted by molar-refractivity contribution is 6.31. The van der Waals surface area contributed by atoms with Gasteiger partial charge in [0, 0.05) is 39.8 Å². The Hall–Kier alpha value is -2.97. The Labute approximate surface area is 221 Å². The summed E-state index contributed by atoms with van der Waals surface area (Å²) in [4.78, 5) is 3.42. The minimum absolute atomic E-state index is 0.0665. The highest BCUT2D eigenvalue weighted by Crippen LogP contribution is 2.35. The summed E-state index contributed by atoms with van der Waals surface area (Å²) in [6.07, 6.45) is 14.2. The fourth-order valence-electron chi connectivity index (χ4n) is 4.86. The third-order valence-corrected chi connectivity index (χ3v) is 7.07. The number of aryl methyl sites for hydroxylation is 1. The van der Waals surface area contributed by atoms with Gasteiger partial charge >= 0.3 is 0 Å². The van der Waals surface area contributed by atoms with Crippen molar-refractivity contribution in [2.75, 3.05) is 0 Å². The van der Waals surface area contributed by atoms with Crippen LogP contribution in [0.15, 0.2) is 95.8 Å². The van der Waals surface area contributed by atoms with Crippen molar-refractivity contribution in [3.63, 3.8) is 0 Å². The van der Waals surface area contributed by atoms with Gasteiger partial charge in [0.15, 0.2) is 0 Å². The normalized spacial score (nSPS) is 15.1. The van der Waals surface area contributed by atoms with E-state index in [4.69, 9.17) is 11.6 Å². The molecule has 3 heteroatoms. The molecule has 0 saturated heterocycles. The number of halogens is 1. The zero-order valence-electron chi connectivity index (χ0n) is 22.1. The Morgan fingerprint density at radius 2 is 1.86 bits per heavy atom. The third-order valence-electron chi connectivity index (χ3n) is 6.86. The van der Waals surface area contributed by atoms with Crippen LogP contribution in [0, 0.1) is 12.3 Å². The predicted molar refractivity (Wildman–Crippen MR) is 157 cm³/mol. The van der Waals surface area contributed by atoms with E-state index in [0.717, 1.165) is 40.2 Å². The molecule has 0 radical (unpaired) electrons. The molecule has 3 aromatic rings. The van der Waals surface area contributed by atoms with Crippen molar-refractivity contribution >= 4 is 28.1 Å². The molecular weight excluding hydrogens is 460 g/mol. The largest absolute Gasteiger partial charge is 0.377 e. The van der Waals surface area contributed by atoms with E-state index in [9.17, 15) is 0 Å². The molecule has 0 bridgehead atoms. The lowest BCUT2D eigenvalue weighted by molar-refractivity contribution is 0.360. The van der Waals surface area contributed by atoms with Crippen LogP contribution >= 0.6 is 11.6 Å². The molecule has 0 amide bonds. The van der Waals surface area contributed by atoms with Gasteiger partial charge in [0.2, 0.25) is 0 Å². The maximum absolute atomic E-state index is 6.68. The molecule has 0 spiro atoms. The van der Waals surface area contributed by atoms with E-state index in [1.54, 1.807) is 0 Å². The Balaban J connectivity index is 1.54. The minimum atomic E-state index is -0.0665. The summed E-state index contributed by atoms with van der Waals surface area (Å²) >= 11 is 6.68. The van der Waals surface area contributed by atoms with Crippen LogP contribution in [-0.2, 0) is 0 Å². The average molecular weight is 499 g/mol. The molecule has 1 atom stereocenters. The SMILES string of the molecule is C=C(c1c[nH]c2ccc(C)cc12)C(NC1=CC(Cl)=CC(CCCCC(C)(C)C)=CC1)c1ccccc1. The zero-order chi connectivity index (χ0) is 25.7. The van der Waals surface area contributed by atoms with E-state index in [1.165, 1.54) is 41.3 Å². The summed E-state index contributed by atoms with van der Waals surface area (Å²) < 4.78 is 0. The maximum Gasteiger partial charge on any atom is 0.0765 e. The highest BCUT2D eigenvalue weighted by atomic mass is 35.5. The predicted octanol–water partition coefficient (Wildman–Crippen LogP) is 9.76. The van der Waals surface area contributed by atoms with Gasteiger partial charge in [-0.25, -0.2) is 0 Å². The van der Waals surface area contributed by atoms with Crippen molar-refractivity contribution in [3.05, 3.63) is 113 Å². The second kappa shape index (κ2) is 11.4. The quantitative estimate of drug-likeness (QED) is 0.282. The van der Waals surface area contributed by atoms with E-state index in [0.29, 0.717) is 5.41 Å². The van der Waals surface area contributed by atoms with Gasteiger partial charge in [-0.05, 0) is 67.0 Å². The number of allylic oxidation sites excluding steroid dienone is 5. The molecule has 1 aliphatic rings. The second-order valence-electron chi connectivity index (χ2n) is 11.2.